The van der Waals surface area contributed by atoms with E-state index in [1.54, 1.807) is 0 Å². The fourth-order valence-corrected chi connectivity index (χ4v) is 3.33. The summed E-state index contributed by atoms with van der Waals surface area (Å²) in [7, 11) is 0. The van der Waals surface area contributed by atoms with Crippen LogP contribution in [0.3, 0.4) is 0 Å². The Morgan fingerprint density at radius 1 is 1.11 bits per heavy atom. The van der Waals surface area contributed by atoms with Crippen LogP contribution in [0.2, 0.25) is 0 Å². The van der Waals surface area contributed by atoms with Gasteiger partial charge in [0.1, 0.15) is 6.10 Å². The van der Waals surface area contributed by atoms with Crippen molar-refractivity contribution in [3.63, 3.8) is 0 Å². The monoisotopic (exact) mass is 276 g/mol. The fraction of sp³-hybridized carbons (Fsp3) is 0.438. The van der Waals surface area contributed by atoms with Gasteiger partial charge in [0.05, 0.1) is 10.6 Å². The maximum absolute atomic E-state index is 11.7. The van der Waals surface area contributed by atoms with Crippen LogP contribution in [0.15, 0.2) is 35.9 Å². The normalized spacial score (nSPS) is 26.6. The standard InChI is InChI=1S/C16H17ClO2/c17-14(11-7-3-1-4-8-11)13-15(19-16(13)18)12-9-5-2-6-10-12/h1,3-4,7-8,12,15H,2,5-6,9-10H2/b14-13-. The summed E-state index contributed by atoms with van der Waals surface area (Å²) in [5.41, 5.74) is 1.58. The van der Waals surface area contributed by atoms with Gasteiger partial charge in [0.25, 0.3) is 0 Å². The summed E-state index contributed by atoms with van der Waals surface area (Å²) in [6.07, 6.45) is 5.95. The maximum Gasteiger partial charge on any atom is 0.339 e. The molecule has 1 saturated carbocycles. The molecule has 0 radical (unpaired) electrons. The van der Waals surface area contributed by atoms with Gasteiger partial charge >= 0.3 is 5.97 Å². The molecule has 1 unspecified atom stereocenters. The lowest BCUT2D eigenvalue weighted by molar-refractivity contribution is -0.160. The largest absolute Gasteiger partial charge is 0.453 e. The van der Waals surface area contributed by atoms with Crippen molar-refractivity contribution in [3.05, 3.63) is 41.5 Å². The number of esters is 1. The van der Waals surface area contributed by atoms with E-state index in [0.717, 1.165) is 18.4 Å². The SMILES string of the molecule is O=C1OC(C2CCCCC2)/C1=C(/Cl)c1ccccc1. The van der Waals surface area contributed by atoms with E-state index < -0.39 is 0 Å². The highest BCUT2D eigenvalue weighted by Gasteiger charge is 2.43. The van der Waals surface area contributed by atoms with Crippen molar-refractivity contribution in [2.75, 3.05) is 0 Å². The average molecular weight is 277 g/mol. The summed E-state index contributed by atoms with van der Waals surface area (Å²) in [5.74, 6) is 0.211. The van der Waals surface area contributed by atoms with E-state index in [1.165, 1.54) is 19.3 Å². The summed E-state index contributed by atoms with van der Waals surface area (Å²) in [6, 6.07) is 9.66. The molecule has 1 aliphatic heterocycles. The molecule has 1 heterocycles. The van der Waals surface area contributed by atoms with Crippen molar-refractivity contribution in [1.29, 1.82) is 0 Å². The van der Waals surface area contributed by atoms with Gasteiger partial charge in [0, 0.05) is 5.92 Å². The van der Waals surface area contributed by atoms with Crippen molar-refractivity contribution < 1.29 is 9.53 Å². The number of hydrogen-bond acceptors (Lipinski definition) is 2. The molecule has 2 nitrogen and oxygen atoms in total. The second-order valence-electron chi connectivity index (χ2n) is 5.32. The van der Waals surface area contributed by atoms with E-state index in [1.807, 2.05) is 30.3 Å². The Kier molecular flexibility index (Phi) is 3.61. The van der Waals surface area contributed by atoms with Crippen LogP contribution in [0, 0.1) is 5.92 Å². The minimum atomic E-state index is -0.246. The summed E-state index contributed by atoms with van der Waals surface area (Å²) < 4.78 is 5.35. The van der Waals surface area contributed by atoms with E-state index in [4.69, 9.17) is 16.3 Å². The van der Waals surface area contributed by atoms with Crippen LogP contribution in [0.1, 0.15) is 37.7 Å². The molecule has 1 aromatic carbocycles. The lowest BCUT2D eigenvalue weighted by atomic mass is 9.80. The molecule has 1 atom stereocenters. The van der Waals surface area contributed by atoms with Gasteiger partial charge in [-0.2, -0.15) is 0 Å². The number of halogens is 1. The zero-order valence-corrected chi connectivity index (χ0v) is 11.5. The van der Waals surface area contributed by atoms with Crippen LogP contribution in [0.25, 0.3) is 5.03 Å². The quantitative estimate of drug-likeness (QED) is 0.599. The molecule has 2 fully saturated rings. The predicted octanol–water partition coefficient (Wildman–Crippen LogP) is 4.14. The third-order valence-electron chi connectivity index (χ3n) is 4.08. The van der Waals surface area contributed by atoms with Gasteiger partial charge in [-0.15, -0.1) is 0 Å². The molecule has 0 aromatic heterocycles. The van der Waals surface area contributed by atoms with Crippen LogP contribution >= 0.6 is 11.6 Å². The van der Waals surface area contributed by atoms with Gasteiger partial charge in [-0.1, -0.05) is 61.2 Å². The highest BCUT2D eigenvalue weighted by Crippen LogP contribution is 2.41. The molecule has 3 rings (SSSR count). The maximum atomic E-state index is 11.7. The molecule has 1 aromatic rings. The van der Waals surface area contributed by atoms with E-state index in [9.17, 15) is 4.79 Å². The molecule has 19 heavy (non-hydrogen) atoms. The van der Waals surface area contributed by atoms with Gasteiger partial charge < -0.3 is 4.74 Å². The summed E-state index contributed by atoms with van der Waals surface area (Å²) in [6.45, 7) is 0. The van der Waals surface area contributed by atoms with Crippen LogP contribution < -0.4 is 0 Å². The zero-order valence-electron chi connectivity index (χ0n) is 10.8. The Labute approximate surface area is 118 Å². The van der Waals surface area contributed by atoms with Crippen molar-refractivity contribution in [2.45, 2.75) is 38.2 Å². The Morgan fingerprint density at radius 2 is 1.79 bits per heavy atom. The van der Waals surface area contributed by atoms with E-state index in [0.29, 0.717) is 16.5 Å². The molecule has 0 spiro atoms. The Hall–Kier alpha value is -1.28. The molecule has 2 aliphatic rings. The van der Waals surface area contributed by atoms with Gasteiger partial charge in [0.15, 0.2) is 0 Å². The number of carbonyl (C=O) groups excluding carboxylic acids is 1. The lowest BCUT2D eigenvalue weighted by Gasteiger charge is -2.37. The zero-order chi connectivity index (χ0) is 13.2. The van der Waals surface area contributed by atoms with Crippen LogP contribution in [-0.4, -0.2) is 12.1 Å². The Morgan fingerprint density at radius 3 is 2.42 bits per heavy atom. The number of benzene rings is 1. The van der Waals surface area contributed by atoms with Crippen molar-refractivity contribution in [2.24, 2.45) is 5.92 Å². The van der Waals surface area contributed by atoms with E-state index in [-0.39, 0.29) is 12.1 Å². The molecule has 1 saturated heterocycles. The van der Waals surface area contributed by atoms with Crippen molar-refractivity contribution >= 4 is 22.6 Å². The average Bonchev–Trinajstić information content (AvgIpc) is 2.46. The smallest absolute Gasteiger partial charge is 0.339 e. The number of hydrogen-bond donors (Lipinski definition) is 0. The van der Waals surface area contributed by atoms with Crippen LogP contribution in [0.4, 0.5) is 0 Å². The summed E-state index contributed by atoms with van der Waals surface area (Å²) in [5, 5.41) is 0.562. The molecule has 1 aliphatic carbocycles. The Balaban J connectivity index is 1.87. The second kappa shape index (κ2) is 5.38. The minimum Gasteiger partial charge on any atom is -0.453 e. The summed E-state index contributed by atoms with van der Waals surface area (Å²) in [4.78, 5) is 11.7. The number of rotatable bonds is 2. The molecule has 100 valence electrons. The number of cyclic esters (lactones) is 1. The molecule has 0 N–H and O–H groups in total. The number of carbonyl (C=O) groups is 1. The van der Waals surface area contributed by atoms with Gasteiger partial charge in [-0.05, 0) is 18.4 Å². The lowest BCUT2D eigenvalue weighted by Crippen LogP contribution is -2.43. The topological polar surface area (TPSA) is 26.3 Å². The summed E-state index contributed by atoms with van der Waals surface area (Å²) >= 11 is 6.40. The highest BCUT2D eigenvalue weighted by atomic mass is 35.5. The highest BCUT2D eigenvalue weighted by molar-refractivity contribution is 6.51. The van der Waals surface area contributed by atoms with E-state index in [2.05, 4.69) is 0 Å². The molecule has 0 bridgehead atoms. The van der Waals surface area contributed by atoms with Gasteiger partial charge in [-0.25, -0.2) is 4.79 Å². The third kappa shape index (κ3) is 2.42. The van der Waals surface area contributed by atoms with Crippen LogP contribution in [-0.2, 0) is 9.53 Å². The van der Waals surface area contributed by atoms with Crippen LogP contribution in [0.5, 0.6) is 0 Å². The Bertz CT molecular complexity index is 501. The predicted molar refractivity (Wildman–Crippen MR) is 75.7 cm³/mol. The first kappa shape index (κ1) is 12.7. The molecular weight excluding hydrogens is 260 g/mol. The molecule has 0 amide bonds. The fourth-order valence-electron chi connectivity index (χ4n) is 3.02. The third-order valence-corrected chi connectivity index (χ3v) is 4.50. The number of ether oxygens (including phenoxy) is 1. The first-order valence-corrected chi connectivity index (χ1v) is 7.31. The van der Waals surface area contributed by atoms with Gasteiger partial charge in [-0.3, -0.25) is 0 Å². The minimum absolute atomic E-state index is 0.0829. The molecular formula is C16H17ClO2. The van der Waals surface area contributed by atoms with Crippen molar-refractivity contribution in [1.82, 2.24) is 0 Å². The molecule has 3 heteroatoms. The van der Waals surface area contributed by atoms with E-state index >= 15 is 0 Å². The van der Waals surface area contributed by atoms with Crippen molar-refractivity contribution in [3.8, 4) is 0 Å². The first-order chi connectivity index (χ1) is 9.27. The second-order valence-corrected chi connectivity index (χ2v) is 5.70. The first-order valence-electron chi connectivity index (χ1n) is 6.93. The van der Waals surface area contributed by atoms with Gasteiger partial charge in [0.2, 0.25) is 0 Å².